The van der Waals surface area contributed by atoms with Crippen LogP contribution in [0.5, 0.6) is 0 Å². The van der Waals surface area contributed by atoms with Gasteiger partial charge in [-0.05, 0) is 23.9 Å². The molecule has 1 aromatic heterocycles. The molecule has 110 valence electrons. The Morgan fingerprint density at radius 1 is 1.30 bits per heavy atom. The highest BCUT2D eigenvalue weighted by Gasteiger charge is 2.27. The topological polar surface area (TPSA) is 17.8 Å². The average Bonchev–Trinajstić information content (AvgIpc) is 2.69. The Labute approximate surface area is 122 Å². The van der Waals surface area contributed by atoms with Gasteiger partial charge in [-0.3, -0.25) is 0 Å². The highest BCUT2D eigenvalue weighted by atomic mass is 35.5. The Morgan fingerprint density at radius 2 is 2.05 bits per heavy atom. The Bertz CT molecular complexity index is 597. The Morgan fingerprint density at radius 3 is 2.70 bits per heavy atom. The Balaban J connectivity index is 2.29. The van der Waals surface area contributed by atoms with E-state index in [1.807, 2.05) is 0 Å². The van der Waals surface area contributed by atoms with Crippen molar-refractivity contribution in [1.82, 2.24) is 9.55 Å². The molecule has 0 aliphatic rings. The Hall–Kier alpha value is -0.950. The summed E-state index contributed by atoms with van der Waals surface area (Å²) in [6.07, 6.45) is 0.381. The number of thioether (sulfide) groups is 1. The molecule has 20 heavy (non-hydrogen) atoms. The first-order valence-corrected chi connectivity index (χ1v) is 7.34. The number of hydrogen-bond donors (Lipinski definition) is 0. The number of aryl methyl sites for hydroxylation is 2. The van der Waals surface area contributed by atoms with Crippen LogP contribution in [-0.4, -0.2) is 26.7 Å². The zero-order valence-corrected chi connectivity index (χ0v) is 11.8. The molecule has 0 radical (unpaired) electrons. The highest BCUT2D eigenvalue weighted by Crippen LogP contribution is 2.30. The molecule has 0 amide bonds. The molecule has 8 heteroatoms. The maximum Gasteiger partial charge on any atom is 0.441 e. The first kappa shape index (κ1) is 15.4. The van der Waals surface area contributed by atoms with Gasteiger partial charge in [-0.25, -0.2) is 9.37 Å². The van der Waals surface area contributed by atoms with Crippen LogP contribution in [0.25, 0.3) is 11.0 Å². The van der Waals surface area contributed by atoms with Crippen molar-refractivity contribution in [3.05, 3.63) is 29.8 Å². The summed E-state index contributed by atoms with van der Waals surface area (Å²) >= 11 is 5.55. The lowest BCUT2D eigenvalue weighted by Gasteiger charge is -2.09. The minimum absolute atomic E-state index is 0.104. The number of hydrogen-bond acceptors (Lipinski definition) is 2. The normalized spacial score (nSPS) is 12.2. The average molecular weight is 327 g/mol. The molecule has 2 nitrogen and oxygen atoms in total. The maximum atomic E-state index is 13.6. The molecule has 0 saturated heterocycles. The predicted molar refractivity (Wildman–Crippen MR) is 72.6 cm³/mol. The predicted octanol–water partition coefficient (Wildman–Crippen LogP) is 4.21. The molecule has 1 aromatic carbocycles. The van der Waals surface area contributed by atoms with Crippen LogP contribution >= 0.6 is 23.4 Å². The number of para-hydroxylation sites is 1. The van der Waals surface area contributed by atoms with Gasteiger partial charge in [-0.2, -0.15) is 13.2 Å². The van der Waals surface area contributed by atoms with Crippen molar-refractivity contribution in [2.75, 3.05) is 11.6 Å². The first-order valence-electron chi connectivity index (χ1n) is 5.82. The summed E-state index contributed by atoms with van der Waals surface area (Å²) in [7, 11) is 0. The lowest BCUT2D eigenvalue weighted by atomic mass is 10.3. The minimum atomic E-state index is -4.27. The molecule has 2 aromatic rings. The molecular weight excluding hydrogens is 316 g/mol. The van der Waals surface area contributed by atoms with E-state index in [1.54, 1.807) is 10.6 Å². The van der Waals surface area contributed by atoms with Crippen LogP contribution in [-0.2, 0) is 13.0 Å². The summed E-state index contributed by atoms with van der Waals surface area (Å²) in [6, 6.07) is 4.42. The van der Waals surface area contributed by atoms with E-state index in [1.165, 1.54) is 12.1 Å². The van der Waals surface area contributed by atoms with Gasteiger partial charge in [0.25, 0.3) is 0 Å². The van der Waals surface area contributed by atoms with Crippen molar-refractivity contribution >= 4 is 34.4 Å². The SMILES string of the molecule is Fc1cccc2c1nc(CCCl)n2CCSC(F)(F)F. The van der Waals surface area contributed by atoms with E-state index in [0.717, 1.165) is 0 Å². The van der Waals surface area contributed by atoms with Crippen molar-refractivity contribution in [1.29, 1.82) is 0 Å². The summed E-state index contributed by atoms with van der Waals surface area (Å²) in [5.41, 5.74) is -3.61. The van der Waals surface area contributed by atoms with Crippen molar-refractivity contribution in [2.45, 2.75) is 18.5 Å². The molecule has 0 aliphatic heterocycles. The summed E-state index contributed by atoms with van der Waals surface area (Å²) in [5, 5.41) is 0. The van der Waals surface area contributed by atoms with Crippen LogP contribution in [0.3, 0.4) is 0 Å². The third-order valence-electron chi connectivity index (χ3n) is 2.71. The van der Waals surface area contributed by atoms with Crippen LogP contribution in [0.1, 0.15) is 5.82 Å². The van der Waals surface area contributed by atoms with Crippen molar-refractivity contribution in [3.8, 4) is 0 Å². The van der Waals surface area contributed by atoms with Crippen LogP contribution in [0, 0.1) is 5.82 Å². The number of fused-ring (bicyclic) bond motifs is 1. The number of halogens is 5. The lowest BCUT2D eigenvalue weighted by Crippen LogP contribution is -2.10. The van der Waals surface area contributed by atoms with Gasteiger partial charge in [-0.15, -0.1) is 11.6 Å². The number of benzene rings is 1. The molecule has 0 aliphatic carbocycles. The second-order valence-electron chi connectivity index (χ2n) is 4.02. The van der Waals surface area contributed by atoms with Crippen LogP contribution in [0.15, 0.2) is 18.2 Å². The molecular formula is C12H11ClF4N2S. The van der Waals surface area contributed by atoms with Crippen LogP contribution in [0.4, 0.5) is 17.6 Å². The van der Waals surface area contributed by atoms with Crippen molar-refractivity contribution in [3.63, 3.8) is 0 Å². The van der Waals surface area contributed by atoms with Gasteiger partial charge in [0, 0.05) is 24.6 Å². The fourth-order valence-corrected chi connectivity index (χ4v) is 2.61. The van der Waals surface area contributed by atoms with Crippen LogP contribution in [0.2, 0.25) is 0 Å². The van der Waals surface area contributed by atoms with Gasteiger partial charge in [0.2, 0.25) is 0 Å². The smallest absolute Gasteiger partial charge is 0.327 e. The van der Waals surface area contributed by atoms with Gasteiger partial charge < -0.3 is 4.57 Å². The molecule has 0 spiro atoms. The Kier molecular flexibility index (Phi) is 4.80. The molecule has 1 heterocycles. The number of aromatic nitrogens is 2. The van der Waals surface area contributed by atoms with Crippen molar-refractivity contribution < 1.29 is 17.6 Å². The second-order valence-corrected chi connectivity index (χ2v) is 5.56. The van der Waals surface area contributed by atoms with Gasteiger partial charge in [-0.1, -0.05) is 6.07 Å². The van der Waals surface area contributed by atoms with Gasteiger partial charge in [0.05, 0.1) is 5.52 Å². The minimum Gasteiger partial charge on any atom is -0.327 e. The number of alkyl halides is 4. The molecule has 0 atom stereocenters. The molecule has 0 N–H and O–H groups in total. The molecule has 2 rings (SSSR count). The summed E-state index contributed by atoms with van der Waals surface area (Å²) in [5.74, 6) is 0.140. The van der Waals surface area contributed by atoms with E-state index >= 15 is 0 Å². The zero-order chi connectivity index (χ0) is 14.8. The molecule has 0 unspecified atom stereocenters. The standard InChI is InChI=1S/C12H11ClF4N2S/c13-5-4-10-18-11-8(14)2-1-3-9(11)19(10)6-7-20-12(15,16)17/h1-3H,4-7H2. The lowest BCUT2D eigenvalue weighted by molar-refractivity contribution is -0.0328. The highest BCUT2D eigenvalue weighted by molar-refractivity contribution is 8.00. The van der Waals surface area contributed by atoms with E-state index in [0.29, 0.717) is 17.8 Å². The van der Waals surface area contributed by atoms with E-state index in [9.17, 15) is 17.6 Å². The van der Waals surface area contributed by atoms with Crippen LogP contribution < -0.4 is 0 Å². The zero-order valence-electron chi connectivity index (χ0n) is 10.3. The van der Waals surface area contributed by atoms with Gasteiger partial charge in [0.15, 0.2) is 5.82 Å². The fraction of sp³-hybridized carbons (Fsp3) is 0.417. The second kappa shape index (κ2) is 6.22. The summed E-state index contributed by atoms with van der Waals surface area (Å²) in [4.78, 5) is 4.13. The van der Waals surface area contributed by atoms with E-state index < -0.39 is 11.3 Å². The summed E-state index contributed by atoms with van der Waals surface area (Å²) in [6.45, 7) is 0.107. The molecule has 0 bridgehead atoms. The van der Waals surface area contributed by atoms with E-state index in [-0.39, 0.29) is 35.5 Å². The van der Waals surface area contributed by atoms with E-state index in [2.05, 4.69) is 4.98 Å². The number of imidazole rings is 1. The molecule has 0 fully saturated rings. The summed E-state index contributed by atoms with van der Waals surface area (Å²) < 4.78 is 51.7. The maximum absolute atomic E-state index is 13.6. The van der Waals surface area contributed by atoms with Crippen molar-refractivity contribution in [2.24, 2.45) is 0 Å². The molecule has 0 saturated carbocycles. The largest absolute Gasteiger partial charge is 0.441 e. The number of rotatable bonds is 5. The van der Waals surface area contributed by atoms with Gasteiger partial charge >= 0.3 is 5.51 Å². The third kappa shape index (κ3) is 3.58. The van der Waals surface area contributed by atoms with Gasteiger partial charge in [0.1, 0.15) is 11.3 Å². The fourth-order valence-electron chi connectivity index (χ4n) is 1.94. The van der Waals surface area contributed by atoms with E-state index in [4.69, 9.17) is 11.6 Å². The quantitative estimate of drug-likeness (QED) is 0.605. The monoisotopic (exact) mass is 326 g/mol. The first-order chi connectivity index (χ1) is 9.42. The third-order valence-corrected chi connectivity index (χ3v) is 3.61. The number of nitrogens with zero attached hydrogens (tertiary/aromatic N) is 2.